The van der Waals surface area contributed by atoms with Crippen molar-refractivity contribution in [3.63, 3.8) is 0 Å². The number of anilines is 1. The molecule has 0 saturated heterocycles. The fraction of sp³-hybridized carbons (Fsp3) is 0.143. The lowest BCUT2D eigenvalue weighted by molar-refractivity contribution is 0.0990. The zero-order valence-corrected chi connectivity index (χ0v) is 12.2. The summed E-state index contributed by atoms with van der Waals surface area (Å²) in [5, 5.41) is 4.68. The Morgan fingerprint density at radius 1 is 1.24 bits per heavy atom. The lowest BCUT2D eigenvalue weighted by Crippen LogP contribution is -2.28. The van der Waals surface area contributed by atoms with Gasteiger partial charge in [-0.2, -0.15) is 5.10 Å². The molecule has 7 heteroatoms. The van der Waals surface area contributed by atoms with Gasteiger partial charge in [-0.3, -0.25) is 9.69 Å². The second kappa shape index (κ2) is 5.14. The summed E-state index contributed by atoms with van der Waals surface area (Å²) >= 11 is 5.80. The monoisotopic (exact) mass is 301 g/mol. The molecular weight excluding hydrogens is 290 g/mol. The molecule has 0 unspecified atom stereocenters. The van der Waals surface area contributed by atoms with E-state index in [-0.39, 0.29) is 5.91 Å². The molecule has 0 saturated carbocycles. The molecule has 1 amide bonds. The number of hydrogen-bond acceptors (Lipinski definition) is 4. The average Bonchev–Trinajstić information content (AvgIpc) is 2.96. The maximum absolute atomic E-state index is 12.6. The lowest BCUT2D eigenvalue weighted by atomic mass is 10.2. The fourth-order valence-electron chi connectivity index (χ4n) is 2.05. The minimum atomic E-state index is -0.202. The molecule has 3 heterocycles. The number of hydrogen-bond donors (Lipinski definition) is 0. The van der Waals surface area contributed by atoms with Gasteiger partial charge in [0.15, 0.2) is 5.65 Å². The van der Waals surface area contributed by atoms with Gasteiger partial charge in [0.05, 0.1) is 22.5 Å². The molecule has 0 aliphatic heterocycles. The second-order valence-electron chi connectivity index (χ2n) is 4.56. The van der Waals surface area contributed by atoms with Crippen LogP contribution in [0.2, 0.25) is 5.02 Å². The molecular formula is C14H12ClN5O. The smallest absolute Gasteiger partial charge is 0.262 e. The Hall–Kier alpha value is -2.47. The third kappa shape index (κ3) is 2.34. The summed E-state index contributed by atoms with van der Waals surface area (Å²) in [4.78, 5) is 22.4. The number of aryl methyl sites for hydroxylation is 1. The highest BCUT2D eigenvalue weighted by Crippen LogP contribution is 2.17. The fourth-order valence-corrected chi connectivity index (χ4v) is 2.16. The van der Waals surface area contributed by atoms with Gasteiger partial charge in [-0.1, -0.05) is 11.6 Å². The van der Waals surface area contributed by atoms with Crippen LogP contribution in [0.3, 0.4) is 0 Å². The second-order valence-corrected chi connectivity index (χ2v) is 4.99. The Kier molecular flexibility index (Phi) is 3.31. The zero-order chi connectivity index (χ0) is 15.0. The molecule has 6 nitrogen and oxygen atoms in total. The molecule has 0 aliphatic rings. The largest absolute Gasteiger partial charge is 0.296 e. The van der Waals surface area contributed by atoms with Crippen molar-refractivity contribution in [3.8, 4) is 0 Å². The molecule has 0 fully saturated rings. The highest BCUT2D eigenvalue weighted by atomic mass is 35.5. The molecule has 0 spiro atoms. The summed E-state index contributed by atoms with van der Waals surface area (Å²) in [5.41, 5.74) is 1.91. The summed E-state index contributed by atoms with van der Waals surface area (Å²) in [7, 11) is 1.66. The molecule has 0 N–H and O–H groups in total. The highest BCUT2D eigenvalue weighted by molar-refractivity contribution is 6.30. The number of aromatic nitrogens is 4. The first-order valence-electron chi connectivity index (χ1n) is 6.27. The van der Waals surface area contributed by atoms with E-state index >= 15 is 0 Å². The van der Waals surface area contributed by atoms with Crippen LogP contribution in [0.1, 0.15) is 16.1 Å². The number of nitrogens with zero attached hydrogens (tertiary/aromatic N) is 5. The Morgan fingerprint density at radius 3 is 2.76 bits per heavy atom. The van der Waals surface area contributed by atoms with Gasteiger partial charge in [0.1, 0.15) is 5.82 Å². The summed E-state index contributed by atoms with van der Waals surface area (Å²) in [5.74, 6) is 0.316. The molecule has 3 rings (SSSR count). The molecule has 106 valence electrons. The maximum atomic E-state index is 12.6. The Bertz CT molecular complexity index is 812. The molecule has 0 radical (unpaired) electrons. The third-order valence-electron chi connectivity index (χ3n) is 3.25. The van der Waals surface area contributed by atoms with Crippen LogP contribution in [0, 0.1) is 6.92 Å². The van der Waals surface area contributed by atoms with Crippen molar-refractivity contribution >= 4 is 29.0 Å². The third-order valence-corrected chi connectivity index (χ3v) is 3.47. The van der Waals surface area contributed by atoms with E-state index in [1.165, 1.54) is 11.1 Å². The molecule has 21 heavy (non-hydrogen) atoms. The maximum Gasteiger partial charge on any atom is 0.262 e. The van der Waals surface area contributed by atoms with Gasteiger partial charge in [-0.25, -0.2) is 14.5 Å². The van der Waals surface area contributed by atoms with E-state index in [0.717, 1.165) is 5.69 Å². The number of rotatable bonds is 2. The van der Waals surface area contributed by atoms with Crippen molar-refractivity contribution in [1.82, 2.24) is 19.6 Å². The van der Waals surface area contributed by atoms with Gasteiger partial charge >= 0.3 is 0 Å². The topological polar surface area (TPSA) is 63.4 Å². The van der Waals surface area contributed by atoms with E-state index < -0.39 is 0 Å². The number of fused-ring (bicyclic) bond motifs is 1. The first-order valence-corrected chi connectivity index (χ1v) is 6.64. The predicted molar refractivity (Wildman–Crippen MR) is 79.7 cm³/mol. The van der Waals surface area contributed by atoms with E-state index in [2.05, 4.69) is 15.1 Å². The van der Waals surface area contributed by atoms with Crippen molar-refractivity contribution in [1.29, 1.82) is 0 Å². The van der Waals surface area contributed by atoms with Crippen molar-refractivity contribution in [3.05, 3.63) is 53.1 Å². The number of halogens is 1. The summed E-state index contributed by atoms with van der Waals surface area (Å²) < 4.78 is 1.64. The van der Waals surface area contributed by atoms with Crippen LogP contribution in [0.25, 0.3) is 5.65 Å². The standard InChI is InChI=1S/C14H12ClN5O/c1-9-11(8-17-13-5-6-18-20(9)13)14(21)19(2)12-4-3-10(15)7-16-12/h3-8H,1-2H3. The Balaban J connectivity index is 1.99. The van der Waals surface area contributed by atoms with E-state index in [9.17, 15) is 4.79 Å². The van der Waals surface area contributed by atoms with Gasteiger partial charge in [0, 0.05) is 25.5 Å². The number of carbonyl (C=O) groups excluding carboxylic acids is 1. The molecule has 0 atom stereocenters. The van der Waals surface area contributed by atoms with E-state index in [1.807, 2.05) is 6.92 Å². The number of amides is 1. The average molecular weight is 302 g/mol. The van der Waals surface area contributed by atoms with Crippen molar-refractivity contribution in [2.45, 2.75) is 6.92 Å². The van der Waals surface area contributed by atoms with E-state index in [4.69, 9.17) is 11.6 Å². The van der Waals surface area contributed by atoms with E-state index in [0.29, 0.717) is 22.1 Å². The Morgan fingerprint density at radius 2 is 2.05 bits per heavy atom. The lowest BCUT2D eigenvalue weighted by Gasteiger charge is -2.17. The van der Waals surface area contributed by atoms with Crippen molar-refractivity contribution < 1.29 is 4.79 Å². The predicted octanol–water partition coefficient (Wildman–Crippen LogP) is 2.36. The number of carbonyl (C=O) groups is 1. The van der Waals surface area contributed by atoms with Gasteiger partial charge in [-0.15, -0.1) is 0 Å². The Labute approximate surface area is 126 Å². The highest BCUT2D eigenvalue weighted by Gasteiger charge is 2.19. The van der Waals surface area contributed by atoms with Crippen LogP contribution >= 0.6 is 11.6 Å². The summed E-state index contributed by atoms with van der Waals surface area (Å²) in [6, 6.07) is 5.16. The minimum absolute atomic E-state index is 0.202. The van der Waals surface area contributed by atoms with Crippen molar-refractivity contribution in [2.24, 2.45) is 0 Å². The van der Waals surface area contributed by atoms with Gasteiger partial charge in [0.25, 0.3) is 5.91 Å². The summed E-state index contributed by atoms with van der Waals surface area (Å²) in [6.45, 7) is 1.83. The van der Waals surface area contributed by atoms with Gasteiger partial charge in [0.2, 0.25) is 0 Å². The van der Waals surface area contributed by atoms with Crippen LogP contribution in [-0.4, -0.2) is 32.5 Å². The molecule has 0 aromatic carbocycles. The normalized spacial score (nSPS) is 10.8. The van der Waals surface area contributed by atoms with Crippen LogP contribution in [-0.2, 0) is 0 Å². The van der Waals surface area contributed by atoms with Crippen LogP contribution in [0.5, 0.6) is 0 Å². The van der Waals surface area contributed by atoms with Crippen LogP contribution in [0.15, 0.2) is 36.8 Å². The summed E-state index contributed by atoms with van der Waals surface area (Å²) in [6.07, 6.45) is 4.71. The van der Waals surface area contributed by atoms with Crippen LogP contribution in [0.4, 0.5) is 5.82 Å². The molecule has 0 bridgehead atoms. The SMILES string of the molecule is Cc1c(C(=O)N(C)c2ccc(Cl)cn2)cnc2ccnn12. The van der Waals surface area contributed by atoms with Gasteiger partial charge in [-0.05, 0) is 19.1 Å². The van der Waals surface area contributed by atoms with Crippen molar-refractivity contribution in [2.75, 3.05) is 11.9 Å². The minimum Gasteiger partial charge on any atom is -0.296 e. The van der Waals surface area contributed by atoms with E-state index in [1.54, 1.807) is 42.2 Å². The first-order chi connectivity index (χ1) is 10.1. The quantitative estimate of drug-likeness (QED) is 0.729. The molecule has 3 aromatic rings. The van der Waals surface area contributed by atoms with Gasteiger partial charge < -0.3 is 0 Å². The zero-order valence-electron chi connectivity index (χ0n) is 11.5. The number of pyridine rings is 1. The first kappa shape index (κ1) is 13.5. The molecule has 0 aliphatic carbocycles. The van der Waals surface area contributed by atoms with Crippen LogP contribution < -0.4 is 4.90 Å². The molecule has 3 aromatic heterocycles.